The van der Waals surface area contributed by atoms with E-state index in [1.165, 1.54) is 12.1 Å². The summed E-state index contributed by atoms with van der Waals surface area (Å²) in [6, 6.07) is 4.41. The van der Waals surface area contributed by atoms with Crippen molar-refractivity contribution in [3.05, 3.63) is 34.6 Å². The van der Waals surface area contributed by atoms with Gasteiger partial charge in [-0.25, -0.2) is 4.39 Å². The highest BCUT2D eigenvalue weighted by Gasteiger charge is 2.08. The molecule has 1 rings (SSSR count). The summed E-state index contributed by atoms with van der Waals surface area (Å²) in [6.07, 6.45) is 1.19. The van der Waals surface area contributed by atoms with Crippen LogP contribution >= 0.6 is 11.6 Å². The second kappa shape index (κ2) is 6.05. The first-order valence-corrected chi connectivity index (χ1v) is 5.19. The number of hydrogen-bond acceptors (Lipinski definition) is 2. The lowest BCUT2D eigenvalue weighted by Gasteiger charge is -2.11. The molecule has 15 heavy (non-hydrogen) atoms. The zero-order valence-corrected chi connectivity index (χ0v) is 9.43. The number of halogens is 2. The summed E-state index contributed by atoms with van der Waals surface area (Å²) in [5.74, 6) is -0.257. The number of nitrogens with two attached hydrogens (primary N) is 1. The van der Waals surface area contributed by atoms with Gasteiger partial charge in [0.15, 0.2) is 0 Å². The lowest BCUT2D eigenvalue weighted by atomic mass is 10.0. The van der Waals surface area contributed by atoms with Crippen LogP contribution in [-0.4, -0.2) is 19.8 Å². The number of rotatable bonds is 5. The fourth-order valence-corrected chi connectivity index (χ4v) is 1.55. The van der Waals surface area contributed by atoms with Gasteiger partial charge in [-0.2, -0.15) is 0 Å². The Kier molecular flexibility index (Phi) is 5.02. The maximum atomic E-state index is 13.3. The summed E-state index contributed by atoms with van der Waals surface area (Å²) in [7, 11) is 1.62. The minimum absolute atomic E-state index is 0.0992. The lowest BCUT2D eigenvalue weighted by molar-refractivity contribution is 0.187. The van der Waals surface area contributed by atoms with Gasteiger partial charge in [0.2, 0.25) is 0 Å². The summed E-state index contributed by atoms with van der Waals surface area (Å²) in [6.45, 7) is 0.587. The molecule has 2 nitrogen and oxygen atoms in total. The third-order valence-electron chi connectivity index (χ3n) is 2.18. The smallest absolute Gasteiger partial charge is 0.126 e. The van der Waals surface area contributed by atoms with Crippen molar-refractivity contribution in [3.8, 4) is 0 Å². The van der Waals surface area contributed by atoms with Crippen molar-refractivity contribution in [2.24, 2.45) is 5.73 Å². The van der Waals surface area contributed by atoms with Crippen LogP contribution in [0.4, 0.5) is 4.39 Å². The van der Waals surface area contributed by atoms with Crippen molar-refractivity contribution in [2.75, 3.05) is 13.7 Å². The van der Waals surface area contributed by atoms with Crippen molar-refractivity contribution in [1.82, 2.24) is 0 Å². The van der Waals surface area contributed by atoms with Gasteiger partial charge in [-0.1, -0.05) is 11.6 Å². The summed E-state index contributed by atoms with van der Waals surface area (Å²) < 4.78 is 18.2. The molecule has 0 saturated heterocycles. The molecule has 0 fully saturated rings. The molecule has 0 aromatic heterocycles. The molecule has 0 saturated carbocycles. The van der Waals surface area contributed by atoms with Crippen molar-refractivity contribution >= 4 is 11.6 Å². The first kappa shape index (κ1) is 12.4. The van der Waals surface area contributed by atoms with E-state index in [0.717, 1.165) is 0 Å². The van der Waals surface area contributed by atoms with Crippen LogP contribution in [0.1, 0.15) is 12.0 Å². The Balaban J connectivity index is 2.59. The largest absolute Gasteiger partial charge is 0.385 e. The van der Waals surface area contributed by atoms with Gasteiger partial charge in [-0.05, 0) is 36.6 Å². The maximum Gasteiger partial charge on any atom is 0.126 e. The second-order valence-electron chi connectivity index (χ2n) is 3.48. The third-order valence-corrected chi connectivity index (χ3v) is 2.42. The molecular weight excluding hydrogens is 217 g/mol. The van der Waals surface area contributed by atoms with E-state index >= 15 is 0 Å². The van der Waals surface area contributed by atoms with E-state index in [1.54, 1.807) is 13.2 Å². The molecule has 0 spiro atoms. The zero-order valence-electron chi connectivity index (χ0n) is 8.67. The normalized spacial score (nSPS) is 12.8. The Bertz CT molecular complexity index is 319. The summed E-state index contributed by atoms with van der Waals surface area (Å²) in [5, 5.41) is 0.533. The molecule has 4 heteroatoms. The predicted molar refractivity (Wildman–Crippen MR) is 59.6 cm³/mol. The summed E-state index contributed by atoms with van der Waals surface area (Å²) in [4.78, 5) is 0. The van der Waals surface area contributed by atoms with Crippen molar-refractivity contribution < 1.29 is 9.13 Å². The van der Waals surface area contributed by atoms with Crippen LogP contribution in [0.3, 0.4) is 0 Å². The number of ether oxygens (including phenoxy) is 1. The Hall–Kier alpha value is -0.640. The summed E-state index contributed by atoms with van der Waals surface area (Å²) in [5.41, 5.74) is 6.38. The second-order valence-corrected chi connectivity index (χ2v) is 3.92. The molecule has 0 aliphatic carbocycles. The van der Waals surface area contributed by atoms with E-state index in [2.05, 4.69) is 0 Å². The third kappa shape index (κ3) is 4.16. The zero-order chi connectivity index (χ0) is 11.3. The van der Waals surface area contributed by atoms with E-state index in [9.17, 15) is 4.39 Å². The van der Waals surface area contributed by atoms with Gasteiger partial charge in [0.05, 0.1) is 0 Å². The molecule has 0 radical (unpaired) electrons. The number of benzene rings is 1. The maximum absolute atomic E-state index is 13.3. The van der Waals surface area contributed by atoms with E-state index in [1.807, 2.05) is 0 Å². The van der Waals surface area contributed by atoms with E-state index in [4.69, 9.17) is 22.1 Å². The lowest BCUT2D eigenvalue weighted by Crippen LogP contribution is -2.24. The molecule has 1 unspecified atom stereocenters. The van der Waals surface area contributed by atoms with Gasteiger partial charge in [-0.3, -0.25) is 0 Å². The minimum Gasteiger partial charge on any atom is -0.385 e. The van der Waals surface area contributed by atoms with E-state index in [-0.39, 0.29) is 11.9 Å². The highest BCUT2D eigenvalue weighted by Crippen LogP contribution is 2.16. The quantitative estimate of drug-likeness (QED) is 0.845. The van der Waals surface area contributed by atoms with Crippen LogP contribution in [-0.2, 0) is 11.2 Å². The molecule has 1 aromatic carbocycles. The number of methoxy groups -OCH3 is 1. The molecule has 2 N–H and O–H groups in total. The molecule has 0 aliphatic rings. The van der Waals surface area contributed by atoms with Crippen LogP contribution in [0.2, 0.25) is 5.02 Å². The highest BCUT2D eigenvalue weighted by atomic mass is 35.5. The number of hydrogen-bond donors (Lipinski definition) is 1. The van der Waals surface area contributed by atoms with Crippen LogP contribution in [0.25, 0.3) is 0 Å². The minimum atomic E-state index is -0.257. The highest BCUT2D eigenvalue weighted by molar-refractivity contribution is 6.30. The standard InChI is InChI=1S/C11H15ClFNO/c1-15-5-4-10(14)7-8-6-9(12)2-3-11(8)13/h2-3,6,10H,4-5,7,14H2,1H3. The van der Waals surface area contributed by atoms with Gasteiger partial charge < -0.3 is 10.5 Å². The molecule has 0 amide bonds. The SMILES string of the molecule is COCCC(N)Cc1cc(Cl)ccc1F. The van der Waals surface area contributed by atoms with Crippen LogP contribution < -0.4 is 5.73 Å². The first-order chi connectivity index (χ1) is 7.13. The molecule has 0 heterocycles. The van der Waals surface area contributed by atoms with Gasteiger partial charge in [0.25, 0.3) is 0 Å². The monoisotopic (exact) mass is 231 g/mol. The summed E-state index contributed by atoms with van der Waals surface area (Å²) >= 11 is 5.77. The Morgan fingerprint density at radius 2 is 2.27 bits per heavy atom. The molecule has 1 atom stereocenters. The fourth-order valence-electron chi connectivity index (χ4n) is 1.35. The van der Waals surface area contributed by atoms with Crippen LogP contribution in [0.5, 0.6) is 0 Å². The molecule has 0 bridgehead atoms. The average Bonchev–Trinajstić information content (AvgIpc) is 2.20. The van der Waals surface area contributed by atoms with Gasteiger partial charge >= 0.3 is 0 Å². The Morgan fingerprint density at radius 1 is 1.53 bits per heavy atom. The van der Waals surface area contributed by atoms with E-state index < -0.39 is 0 Å². The van der Waals surface area contributed by atoms with Crippen LogP contribution in [0, 0.1) is 5.82 Å². The molecule has 1 aromatic rings. The van der Waals surface area contributed by atoms with Gasteiger partial charge in [0.1, 0.15) is 5.82 Å². The van der Waals surface area contributed by atoms with Crippen LogP contribution in [0.15, 0.2) is 18.2 Å². The fraction of sp³-hybridized carbons (Fsp3) is 0.455. The van der Waals surface area contributed by atoms with Crippen molar-refractivity contribution in [3.63, 3.8) is 0 Å². The van der Waals surface area contributed by atoms with Gasteiger partial charge in [-0.15, -0.1) is 0 Å². The Labute approximate surface area is 94.2 Å². The topological polar surface area (TPSA) is 35.2 Å². The first-order valence-electron chi connectivity index (χ1n) is 4.82. The van der Waals surface area contributed by atoms with Crippen molar-refractivity contribution in [2.45, 2.75) is 18.9 Å². The molecule has 0 aliphatic heterocycles. The van der Waals surface area contributed by atoms with Gasteiger partial charge in [0, 0.05) is 24.8 Å². The van der Waals surface area contributed by atoms with E-state index in [0.29, 0.717) is 30.0 Å². The molecule has 84 valence electrons. The Morgan fingerprint density at radius 3 is 2.93 bits per heavy atom. The van der Waals surface area contributed by atoms with Crippen molar-refractivity contribution in [1.29, 1.82) is 0 Å². The average molecular weight is 232 g/mol. The molecular formula is C11H15ClFNO. The predicted octanol–water partition coefficient (Wildman–Crippen LogP) is 2.39.